The van der Waals surface area contributed by atoms with Crippen LogP contribution in [-0.4, -0.2) is 16.0 Å². The summed E-state index contributed by atoms with van der Waals surface area (Å²) in [5.74, 6) is -0.128. The summed E-state index contributed by atoms with van der Waals surface area (Å²) in [6.45, 7) is 1.90. The van der Waals surface area contributed by atoms with E-state index in [1.54, 1.807) is 11.9 Å². The van der Waals surface area contributed by atoms with Gasteiger partial charge in [0.1, 0.15) is 29.4 Å². The number of hydrogen-bond donors (Lipinski definition) is 2. The Hall–Kier alpha value is -3.56. The van der Waals surface area contributed by atoms with Crippen LogP contribution in [0, 0.1) is 6.92 Å². The molecule has 7 nitrogen and oxygen atoms in total. The van der Waals surface area contributed by atoms with Crippen LogP contribution < -0.4 is 16.0 Å². The van der Waals surface area contributed by atoms with Gasteiger partial charge in [-0.2, -0.15) is 13.2 Å². The lowest BCUT2D eigenvalue weighted by Gasteiger charge is -2.14. The minimum atomic E-state index is -4.83. The molecule has 3 rings (SSSR count). The predicted molar refractivity (Wildman–Crippen MR) is 91.6 cm³/mol. The van der Waals surface area contributed by atoms with Crippen molar-refractivity contribution in [3.05, 3.63) is 69.5 Å². The number of aromatic nitrogens is 2. The summed E-state index contributed by atoms with van der Waals surface area (Å²) in [4.78, 5) is 24.7. The molecular weight excluding hydrogens is 379 g/mol. The van der Waals surface area contributed by atoms with E-state index in [0.717, 1.165) is 11.6 Å². The molecule has 0 atom stereocenters. The fourth-order valence-corrected chi connectivity index (χ4v) is 2.51. The second kappa shape index (κ2) is 7.22. The van der Waals surface area contributed by atoms with Crippen molar-refractivity contribution in [1.82, 2.24) is 10.1 Å². The molecule has 2 aromatic heterocycles. The molecule has 0 radical (unpaired) electrons. The predicted octanol–water partition coefficient (Wildman–Crippen LogP) is 3.04. The number of nitrogens with one attached hydrogen (secondary N) is 1. The van der Waals surface area contributed by atoms with Gasteiger partial charge in [-0.05, 0) is 30.7 Å². The van der Waals surface area contributed by atoms with Crippen molar-refractivity contribution in [2.45, 2.75) is 19.7 Å². The van der Waals surface area contributed by atoms with Crippen molar-refractivity contribution in [2.75, 3.05) is 0 Å². The minimum Gasteiger partial charge on any atom is -0.489 e. The fourth-order valence-electron chi connectivity index (χ4n) is 2.51. The third-order valence-electron chi connectivity index (χ3n) is 4.00. The number of nitrogens with zero attached hydrogens (tertiary/aromatic N) is 1. The van der Waals surface area contributed by atoms with Crippen LogP contribution in [0.4, 0.5) is 13.2 Å². The highest BCUT2D eigenvalue weighted by atomic mass is 19.4. The van der Waals surface area contributed by atoms with Gasteiger partial charge >= 0.3 is 6.18 Å². The molecule has 0 aliphatic carbocycles. The van der Waals surface area contributed by atoms with E-state index < -0.39 is 28.9 Å². The van der Waals surface area contributed by atoms with Gasteiger partial charge in [0.05, 0.1) is 11.8 Å². The van der Waals surface area contributed by atoms with E-state index in [0.29, 0.717) is 11.5 Å². The zero-order valence-corrected chi connectivity index (χ0v) is 14.5. The molecule has 28 heavy (non-hydrogen) atoms. The Labute approximate surface area is 155 Å². The monoisotopic (exact) mass is 393 g/mol. The molecule has 0 saturated carbocycles. The molecule has 0 saturated heterocycles. The van der Waals surface area contributed by atoms with Crippen LogP contribution in [-0.2, 0) is 12.8 Å². The van der Waals surface area contributed by atoms with Gasteiger partial charge in [-0.1, -0.05) is 17.3 Å². The van der Waals surface area contributed by atoms with Crippen LogP contribution in [0.15, 0.2) is 45.8 Å². The highest BCUT2D eigenvalue weighted by Gasteiger charge is 2.36. The maximum absolute atomic E-state index is 13.3. The molecule has 0 unspecified atom stereocenters. The van der Waals surface area contributed by atoms with Crippen LogP contribution in [0.25, 0.3) is 11.1 Å². The molecule has 2 heterocycles. The Kier molecular flexibility index (Phi) is 4.95. The summed E-state index contributed by atoms with van der Waals surface area (Å²) < 4.78 is 50.4. The topological polar surface area (TPSA) is 111 Å². The van der Waals surface area contributed by atoms with Crippen molar-refractivity contribution >= 4 is 5.91 Å². The third-order valence-corrected chi connectivity index (χ3v) is 4.00. The Morgan fingerprint density at radius 1 is 1.29 bits per heavy atom. The number of aromatic amines is 1. The molecule has 0 spiro atoms. The van der Waals surface area contributed by atoms with Gasteiger partial charge in [0.2, 0.25) is 0 Å². The molecule has 146 valence electrons. The lowest BCUT2D eigenvalue weighted by molar-refractivity contribution is -0.140. The van der Waals surface area contributed by atoms with Crippen LogP contribution in [0.2, 0.25) is 0 Å². The number of hydrogen-bond acceptors (Lipinski definition) is 5. The molecule has 10 heteroatoms. The van der Waals surface area contributed by atoms with Crippen molar-refractivity contribution < 1.29 is 27.2 Å². The smallest absolute Gasteiger partial charge is 0.431 e. The van der Waals surface area contributed by atoms with Gasteiger partial charge < -0.3 is 20.0 Å². The van der Waals surface area contributed by atoms with E-state index in [1.807, 2.05) is 0 Å². The normalized spacial score (nSPS) is 11.4. The van der Waals surface area contributed by atoms with E-state index in [4.69, 9.17) is 15.0 Å². The molecule has 0 aliphatic rings. The van der Waals surface area contributed by atoms with Crippen molar-refractivity contribution in [1.29, 1.82) is 0 Å². The number of amides is 1. The highest BCUT2D eigenvalue weighted by Crippen LogP contribution is 2.35. The first-order chi connectivity index (χ1) is 13.2. The number of halogens is 3. The Morgan fingerprint density at radius 2 is 1.96 bits per heavy atom. The molecule has 1 amide bonds. The van der Waals surface area contributed by atoms with Crippen molar-refractivity contribution in [2.24, 2.45) is 5.73 Å². The Balaban J connectivity index is 1.94. The van der Waals surface area contributed by atoms with Gasteiger partial charge in [-0.3, -0.25) is 9.59 Å². The molecule has 3 aromatic rings. The van der Waals surface area contributed by atoms with Gasteiger partial charge in [0.15, 0.2) is 0 Å². The second-order valence-corrected chi connectivity index (χ2v) is 5.88. The number of nitrogens with two attached hydrogens (primary N) is 1. The average Bonchev–Trinajstić information content (AvgIpc) is 3.04. The van der Waals surface area contributed by atoms with E-state index in [1.165, 1.54) is 30.5 Å². The molecule has 3 N–H and O–H groups in total. The number of aryl methyl sites for hydroxylation is 1. The third kappa shape index (κ3) is 3.90. The second-order valence-electron chi connectivity index (χ2n) is 5.88. The summed E-state index contributed by atoms with van der Waals surface area (Å²) in [6, 6.07) is 6.52. The van der Waals surface area contributed by atoms with Crippen LogP contribution in [0.5, 0.6) is 5.75 Å². The first-order valence-electron chi connectivity index (χ1n) is 7.94. The van der Waals surface area contributed by atoms with Gasteiger partial charge in [-0.25, -0.2) is 0 Å². The standard InChI is InChI=1S/C18H14F3N3O4/c1-9-11(7-23-28-9)8-27-12-4-2-10(3-5-12)13-6-14(16(22)25)17(26)24-15(13)18(19,20)21/h2-7H,8H2,1H3,(H2,22,25)(H,24,26). The van der Waals surface area contributed by atoms with Crippen LogP contribution >= 0.6 is 0 Å². The summed E-state index contributed by atoms with van der Waals surface area (Å²) in [5.41, 5.74) is 2.52. The first kappa shape index (κ1) is 19.2. The van der Waals surface area contributed by atoms with E-state index in [-0.39, 0.29) is 17.7 Å². The van der Waals surface area contributed by atoms with Gasteiger partial charge in [0.25, 0.3) is 11.5 Å². The zero-order valence-electron chi connectivity index (χ0n) is 14.5. The minimum absolute atomic E-state index is 0.125. The number of pyridine rings is 1. The number of carbonyl (C=O) groups excluding carboxylic acids is 1. The number of rotatable bonds is 5. The number of ether oxygens (including phenoxy) is 1. The van der Waals surface area contributed by atoms with E-state index in [9.17, 15) is 22.8 Å². The highest BCUT2D eigenvalue weighted by molar-refractivity contribution is 5.93. The van der Waals surface area contributed by atoms with Gasteiger partial charge in [0, 0.05) is 5.56 Å². The number of primary amides is 1. The lowest BCUT2D eigenvalue weighted by Crippen LogP contribution is -2.27. The SMILES string of the molecule is Cc1oncc1COc1ccc(-c2cc(C(N)=O)c(=O)[nH]c2C(F)(F)F)cc1. The van der Waals surface area contributed by atoms with E-state index >= 15 is 0 Å². The summed E-state index contributed by atoms with van der Waals surface area (Å²) in [5, 5.41) is 3.62. The van der Waals surface area contributed by atoms with Crippen LogP contribution in [0.3, 0.4) is 0 Å². The number of benzene rings is 1. The maximum atomic E-state index is 13.3. The molecule has 0 aliphatic heterocycles. The van der Waals surface area contributed by atoms with E-state index in [2.05, 4.69) is 5.16 Å². The zero-order chi connectivity index (χ0) is 20.5. The van der Waals surface area contributed by atoms with Gasteiger partial charge in [-0.15, -0.1) is 0 Å². The number of alkyl halides is 3. The summed E-state index contributed by atoms with van der Waals surface area (Å²) >= 11 is 0. The summed E-state index contributed by atoms with van der Waals surface area (Å²) in [6.07, 6.45) is -3.32. The number of H-pyrrole nitrogens is 1. The van der Waals surface area contributed by atoms with Crippen molar-refractivity contribution in [3.63, 3.8) is 0 Å². The van der Waals surface area contributed by atoms with Crippen LogP contribution in [0.1, 0.15) is 27.4 Å². The molecule has 0 fully saturated rings. The lowest BCUT2D eigenvalue weighted by atomic mass is 10.0. The first-order valence-corrected chi connectivity index (χ1v) is 7.94. The molecule has 1 aromatic carbocycles. The largest absolute Gasteiger partial charge is 0.489 e. The maximum Gasteiger partial charge on any atom is 0.431 e. The number of carbonyl (C=O) groups is 1. The fraction of sp³-hybridized carbons (Fsp3) is 0.167. The summed E-state index contributed by atoms with van der Waals surface area (Å²) in [7, 11) is 0. The Bertz CT molecular complexity index is 1070. The molecular formula is C18H14F3N3O4. The average molecular weight is 393 g/mol. The quantitative estimate of drug-likeness (QED) is 0.692. The van der Waals surface area contributed by atoms with Crippen molar-refractivity contribution in [3.8, 4) is 16.9 Å². The molecule has 0 bridgehead atoms. The Morgan fingerprint density at radius 3 is 2.50 bits per heavy atom.